The molecule has 0 radical (unpaired) electrons. The number of hydrogen-bond donors (Lipinski definition) is 1. The summed E-state index contributed by atoms with van der Waals surface area (Å²) in [7, 11) is -2.03. The standard InChI is InChI=1S/C16H20N2O4S/c1-13(16-5-3-4-10-17-16)18-23(19,20)15-8-6-14(7-9-15)22-12-11-21-2/h3-10,13,18H,11-12H2,1-2H3/t13-/m1/s1. The van der Waals surface area contributed by atoms with E-state index in [0.29, 0.717) is 24.7 Å². The van der Waals surface area contributed by atoms with Gasteiger partial charge in [0.2, 0.25) is 10.0 Å². The van der Waals surface area contributed by atoms with E-state index in [0.717, 1.165) is 0 Å². The number of ether oxygens (including phenoxy) is 2. The lowest BCUT2D eigenvalue weighted by atomic mass is 10.2. The Bertz CT molecular complexity index is 703. The monoisotopic (exact) mass is 336 g/mol. The number of aromatic nitrogens is 1. The second-order valence-corrected chi connectivity index (χ2v) is 6.62. The van der Waals surface area contributed by atoms with E-state index < -0.39 is 16.1 Å². The normalized spacial score (nSPS) is 12.8. The van der Waals surface area contributed by atoms with E-state index in [9.17, 15) is 8.42 Å². The van der Waals surface area contributed by atoms with E-state index in [1.807, 2.05) is 6.07 Å². The van der Waals surface area contributed by atoms with Crippen LogP contribution in [0, 0.1) is 0 Å². The average Bonchev–Trinajstić information content (AvgIpc) is 2.56. The van der Waals surface area contributed by atoms with Crippen LogP contribution in [-0.4, -0.2) is 33.7 Å². The van der Waals surface area contributed by atoms with Gasteiger partial charge in [0.15, 0.2) is 0 Å². The SMILES string of the molecule is COCCOc1ccc(S(=O)(=O)N[C@H](C)c2ccccn2)cc1. The summed E-state index contributed by atoms with van der Waals surface area (Å²) in [5, 5.41) is 0. The summed E-state index contributed by atoms with van der Waals surface area (Å²) in [5.74, 6) is 0.596. The van der Waals surface area contributed by atoms with Crippen molar-refractivity contribution in [2.45, 2.75) is 17.9 Å². The van der Waals surface area contributed by atoms with Gasteiger partial charge in [0.25, 0.3) is 0 Å². The molecule has 0 aliphatic heterocycles. The number of sulfonamides is 1. The largest absolute Gasteiger partial charge is 0.491 e. The van der Waals surface area contributed by atoms with E-state index >= 15 is 0 Å². The van der Waals surface area contributed by atoms with Crippen LogP contribution in [0.25, 0.3) is 0 Å². The molecule has 0 amide bonds. The highest BCUT2D eigenvalue weighted by Gasteiger charge is 2.18. The van der Waals surface area contributed by atoms with Crippen molar-refractivity contribution < 1.29 is 17.9 Å². The predicted octanol–water partition coefficient (Wildman–Crippen LogP) is 2.15. The maximum Gasteiger partial charge on any atom is 0.241 e. The highest BCUT2D eigenvalue weighted by atomic mass is 32.2. The summed E-state index contributed by atoms with van der Waals surface area (Å²) in [5.41, 5.74) is 0.663. The Kier molecular flexibility index (Phi) is 6.09. The second-order valence-electron chi connectivity index (χ2n) is 4.91. The summed E-state index contributed by atoms with van der Waals surface area (Å²) >= 11 is 0. The van der Waals surface area contributed by atoms with Crippen LogP contribution in [0.4, 0.5) is 0 Å². The molecule has 2 rings (SSSR count). The molecule has 1 heterocycles. The van der Waals surface area contributed by atoms with Crippen LogP contribution in [-0.2, 0) is 14.8 Å². The Morgan fingerprint density at radius 3 is 2.48 bits per heavy atom. The molecule has 1 N–H and O–H groups in total. The quantitative estimate of drug-likeness (QED) is 0.747. The number of hydrogen-bond acceptors (Lipinski definition) is 5. The van der Waals surface area contributed by atoms with Gasteiger partial charge in [0.1, 0.15) is 12.4 Å². The molecule has 0 aliphatic rings. The van der Waals surface area contributed by atoms with Crippen LogP contribution in [0.2, 0.25) is 0 Å². The number of nitrogens with one attached hydrogen (secondary N) is 1. The van der Waals surface area contributed by atoms with Crippen LogP contribution < -0.4 is 9.46 Å². The third-order valence-electron chi connectivity index (χ3n) is 3.15. The molecule has 0 saturated carbocycles. The van der Waals surface area contributed by atoms with E-state index in [4.69, 9.17) is 9.47 Å². The fourth-order valence-corrected chi connectivity index (χ4v) is 3.17. The summed E-state index contributed by atoms with van der Waals surface area (Å²) in [6, 6.07) is 11.2. The first-order valence-corrected chi connectivity index (χ1v) is 8.66. The highest BCUT2D eigenvalue weighted by molar-refractivity contribution is 7.89. The predicted molar refractivity (Wildman–Crippen MR) is 86.8 cm³/mol. The molecule has 1 aromatic heterocycles. The lowest BCUT2D eigenvalue weighted by Gasteiger charge is -2.14. The second kappa shape index (κ2) is 8.05. The van der Waals surface area contributed by atoms with Crippen molar-refractivity contribution in [1.29, 1.82) is 0 Å². The number of methoxy groups -OCH3 is 1. The van der Waals surface area contributed by atoms with E-state index in [1.165, 1.54) is 12.1 Å². The molecule has 1 atom stereocenters. The number of nitrogens with zero attached hydrogens (tertiary/aromatic N) is 1. The Morgan fingerprint density at radius 1 is 1.13 bits per heavy atom. The summed E-state index contributed by atoms with van der Waals surface area (Å²) in [6.07, 6.45) is 1.63. The van der Waals surface area contributed by atoms with Crippen molar-refractivity contribution in [3.63, 3.8) is 0 Å². The molecule has 23 heavy (non-hydrogen) atoms. The van der Waals surface area contributed by atoms with Crippen molar-refractivity contribution in [1.82, 2.24) is 9.71 Å². The lowest BCUT2D eigenvalue weighted by Crippen LogP contribution is -2.27. The summed E-state index contributed by atoms with van der Waals surface area (Å²) in [4.78, 5) is 4.33. The van der Waals surface area contributed by atoms with Crippen LogP contribution in [0.15, 0.2) is 53.6 Å². The minimum atomic E-state index is -3.62. The third-order valence-corrected chi connectivity index (χ3v) is 4.71. The van der Waals surface area contributed by atoms with Crippen molar-refractivity contribution in [3.8, 4) is 5.75 Å². The summed E-state index contributed by atoms with van der Waals surface area (Å²) < 4.78 is 37.7. The molecular formula is C16H20N2O4S. The van der Waals surface area contributed by atoms with Gasteiger partial charge >= 0.3 is 0 Å². The number of rotatable bonds is 8. The summed E-state index contributed by atoms with van der Waals surface area (Å²) in [6.45, 7) is 2.64. The average molecular weight is 336 g/mol. The number of benzene rings is 1. The number of pyridine rings is 1. The maximum absolute atomic E-state index is 12.4. The molecule has 0 saturated heterocycles. The first kappa shape index (κ1) is 17.4. The molecule has 0 fully saturated rings. The van der Waals surface area contributed by atoms with Gasteiger partial charge in [-0.3, -0.25) is 4.98 Å². The van der Waals surface area contributed by atoms with Crippen molar-refractivity contribution in [3.05, 3.63) is 54.4 Å². The van der Waals surface area contributed by atoms with Crippen molar-refractivity contribution in [2.75, 3.05) is 20.3 Å². The van der Waals surface area contributed by atoms with Crippen LogP contribution in [0.5, 0.6) is 5.75 Å². The molecular weight excluding hydrogens is 316 g/mol. The van der Waals surface area contributed by atoms with Gasteiger partial charge in [-0.15, -0.1) is 0 Å². The van der Waals surface area contributed by atoms with Gasteiger partial charge in [-0.1, -0.05) is 6.07 Å². The molecule has 0 spiro atoms. The van der Waals surface area contributed by atoms with Gasteiger partial charge < -0.3 is 9.47 Å². The Balaban J connectivity index is 2.04. The Hall–Kier alpha value is -1.96. The zero-order valence-corrected chi connectivity index (χ0v) is 13.9. The zero-order chi connectivity index (χ0) is 16.7. The molecule has 0 unspecified atom stereocenters. The van der Waals surface area contributed by atoms with Gasteiger partial charge in [-0.05, 0) is 43.3 Å². The highest BCUT2D eigenvalue weighted by Crippen LogP contribution is 2.18. The van der Waals surface area contributed by atoms with Gasteiger partial charge in [-0.25, -0.2) is 13.1 Å². The minimum Gasteiger partial charge on any atom is -0.491 e. The molecule has 6 nitrogen and oxygen atoms in total. The Morgan fingerprint density at radius 2 is 1.87 bits per heavy atom. The van der Waals surface area contributed by atoms with Gasteiger partial charge in [0.05, 0.1) is 23.2 Å². The topological polar surface area (TPSA) is 77.5 Å². The van der Waals surface area contributed by atoms with Gasteiger partial charge in [0, 0.05) is 13.3 Å². The van der Waals surface area contributed by atoms with Crippen molar-refractivity contribution in [2.24, 2.45) is 0 Å². The fraction of sp³-hybridized carbons (Fsp3) is 0.312. The Labute approximate surface area is 136 Å². The molecule has 7 heteroatoms. The van der Waals surface area contributed by atoms with E-state index in [2.05, 4.69) is 9.71 Å². The zero-order valence-electron chi connectivity index (χ0n) is 13.1. The van der Waals surface area contributed by atoms with Crippen LogP contribution >= 0.6 is 0 Å². The molecule has 0 aliphatic carbocycles. The van der Waals surface area contributed by atoms with E-state index in [1.54, 1.807) is 44.5 Å². The molecule has 1 aromatic carbocycles. The molecule has 124 valence electrons. The molecule has 0 bridgehead atoms. The molecule has 2 aromatic rings. The first-order chi connectivity index (χ1) is 11.0. The van der Waals surface area contributed by atoms with Crippen molar-refractivity contribution >= 4 is 10.0 Å². The minimum absolute atomic E-state index is 0.180. The first-order valence-electron chi connectivity index (χ1n) is 7.18. The maximum atomic E-state index is 12.4. The van der Waals surface area contributed by atoms with Crippen LogP contribution in [0.3, 0.4) is 0 Å². The lowest BCUT2D eigenvalue weighted by molar-refractivity contribution is 0.146. The fourth-order valence-electron chi connectivity index (χ4n) is 1.95. The smallest absolute Gasteiger partial charge is 0.241 e. The van der Waals surface area contributed by atoms with Crippen LogP contribution in [0.1, 0.15) is 18.7 Å². The van der Waals surface area contributed by atoms with E-state index in [-0.39, 0.29) is 4.90 Å². The van der Waals surface area contributed by atoms with Gasteiger partial charge in [-0.2, -0.15) is 0 Å². The third kappa shape index (κ3) is 5.02.